The van der Waals surface area contributed by atoms with Crippen LogP contribution >= 0.6 is 0 Å². The number of hydrogen-bond donors (Lipinski definition) is 3. The van der Waals surface area contributed by atoms with Crippen molar-refractivity contribution in [3.8, 4) is 5.88 Å². The van der Waals surface area contributed by atoms with Crippen molar-refractivity contribution in [2.45, 2.75) is 6.18 Å². The zero-order valence-electron chi connectivity index (χ0n) is 20.0. The molecule has 0 radical (unpaired) electrons. The van der Waals surface area contributed by atoms with E-state index in [4.69, 9.17) is 4.74 Å². The Balaban J connectivity index is 1.72. The van der Waals surface area contributed by atoms with Gasteiger partial charge in [0, 0.05) is 11.9 Å². The van der Waals surface area contributed by atoms with Crippen LogP contribution < -0.4 is 20.7 Å². The van der Waals surface area contributed by atoms with Crippen LogP contribution in [0.5, 0.6) is 5.88 Å². The fourth-order valence-corrected chi connectivity index (χ4v) is 3.62. The number of nitro benzene ring substituents is 2. The van der Waals surface area contributed by atoms with Crippen LogP contribution in [0, 0.1) is 20.2 Å². The Morgan fingerprint density at radius 3 is 1.82 bits per heavy atom. The smallest absolute Gasteiger partial charge is 0.416 e. The molecule has 0 unspecified atom stereocenters. The fraction of sp³-hybridized carbons (Fsp3) is 0.0800. The van der Waals surface area contributed by atoms with Crippen molar-refractivity contribution >= 4 is 45.5 Å². The Hall–Kier alpha value is -5.40. The number of halogens is 3. The van der Waals surface area contributed by atoms with Crippen LogP contribution in [0.2, 0.25) is 0 Å². The van der Waals surface area contributed by atoms with Crippen LogP contribution in [-0.2, 0) is 6.18 Å². The molecule has 1 aromatic heterocycles. The molecule has 14 heteroatoms. The summed E-state index contributed by atoms with van der Waals surface area (Å²) in [7, 11) is 1.37. The highest BCUT2D eigenvalue weighted by atomic mass is 19.4. The minimum absolute atomic E-state index is 0.0763. The lowest BCUT2D eigenvalue weighted by Crippen LogP contribution is -2.05. The second-order valence-electron chi connectivity index (χ2n) is 7.96. The van der Waals surface area contributed by atoms with Crippen molar-refractivity contribution in [3.05, 3.63) is 105 Å². The van der Waals surface area contributed by atoms with E-state index in [0.29, 0.717) is 17.1 Å². The third-order valence-electron chi connectivity index (χ3n) is 5.43. The van der Waals surface area contributed by atoms with Crippen LogP contribution in [0.1, 0.15) is 5.56 Å². The van der Waals surface area contributed by atoms with Gasteiger partial charge < -0.3 is 20.7 Å². The molecule has 1 heterocycles. The zero-order chi connectivity index (χ0) is 28.2. The van der Waals surface area contributed by atoms with Gasteiger partial charge in [0.15, 0.2) is 0 Å². The van der Waals surface area contributed by atoms with Crippen LogP contribution in [0.4, 0.5) is 58.7 Å². The van der Waals surface area contributed by atoms with Gasteiger partial charge in [-0.1, -0.05) is 12.1 Å². The number of nitrogens with one attached hydrogen (secondary N) is 3. The van der Waals surface area contributed by atoms with Crippen molar-refractivity contribution in [2.24, 2.45) is 0 Å². The molecule has 0 aliphatic rings. The molecule has 0 aliphatic heterocycles. The van der Waals surface area contributed by atoms with Gasteiger partial charge in [-0.2, -0.15) is 13.2 Å². The maximum Gasteiger partial charge on any atom is 0.416 e. The van der Waals surface area contributed by atoms with E-state index in [1.54, 1.807) is 36.4 Å². The Morgan fingerprint density at radius 2 is 1.28 bits per heavy atom. The highest BCUT2D eigenvalue weighted by molar-refractivity contribution is 5.86. The predicted octanol–water partition coefficient (Wildman–Crippen LogP) is 7.16. The SMILES string of the molecule is COc1ncccc1Nc1cc(Nc2ccccc2Nc2ccc(C(F)(F)F)cc2)c([N+](=O)[O-])cc1[N+](=O)[O-]. The second kappa shape index (κ2) is 10.9. The Bertz CT molecular complexity index is 1530. The molecule has 0 atom stereocenters. The van der Waals surface area contributed by atoms with E-state index in [2.05, 4.69) is 20.9 Å². The summed E-state index contributed by atoms with van der Waals surface area (Å²) in [5.41, 5.74) is -0.790. The summed E-state index contributed by atoms with van der Waals surface area (Å²) >= 11 is 0. The number of alkyl halides is 3. The van der Waals surface area contributed by atoms with E-state index in [-0.39, 0.29) is 22.9 Å². The number of aromatic nitrogens is 1. The molecular weight excluding hydrogens is 521 g/mol. The largest absolute Gasteiger partial charge is 0.480 e. The van der Waals surface area contributed by atoms with E-state index in [0.717, 1.165) is 18.2 Å². The van der Waals surface area contributed by atoms with Crippen molar-refractivity contribution in [1.82, 2.24) is 4.98 Å². The Morgan fingerprint density at radius 1 is 0.744 bits per heavy atom. The number of rotatable bonds is 9. The number of nitrogens with zero attached hydrogens (tertiary/aromatic N) is 3. The molecule has 0 amide bonds. The fourth-order valence-electron chi connectivity index (χ4n) is 3.62. The van der Waals surface area contributed by atoms with Gasteiger partial charge in [0.05, 0.1) is 40.0 Å². The Kier molecular flexibility index (Phi) is 7.46. The monoisotopic (exact) mass is 540 g/mol. The van der Waals surface area contributed by atoms with Gasteiger partial charge in [-0.25, -0.2) is 4.98 Å². The van der Waals surface area contributed by atoms with E-state index in [1.807, 2.05) is 0 Å². The minimum atomic E-state index is -4.49. The number of hydrogen-bond acceptors (Lipinski definition) is 9. The number of ether oxygens (including phenoxy) is 1. The zero-order valence-corrected chi connectivity index (χ0v) is 20.0. The molecule has 11 nitrogen and oxygen atoms in total. The minimum Gasteiger partial charge on any atom is -0.480 e. The molecule has 0 aliphatic carbocycles. The lowest BCUT2D eigenvalue weighted by molar-refractivity contribution is -0.393. The molecule has 4 aromatic rings. The molecule has 0 saturated heterocycles. The predicted molar refractivity (Wildman–Crippen MR) is 138 cm³/mol. The average Bonchev–Trinajstić information content (AvgIpc) is 2.89. The molecule has 4 rings (SSSR count). The van der Waals surface area contributed by atoms with Crippen molar-refractivity contribution in [1.29, 1.82) is 0 Å². The maximum absolute atomic E-state index is 12.9. The van der Waals surface area contributed by atoms with Gasteiger partial charge in [0.2, 0.25) is 5.88 Å². The molecule has 0 saturated carbocycles. The maximum atomic E-state index is 12.9. The molecular formula is C25H19F3N6O5. The van der Waals surface area contributed by atoms with Gasteiger partial charge in [-0.05, 0) is 54.6 Å². The van der Waals surface area contributed by atoms with Crippen LogP contribution in [0.25, 0.3) is 0 Å². The normalized spacial score (nSPS) is 11.0. The molecule has 200 valence electrons. The van der Waals surface area contributed by atoms with Gasteiger partial charge >= 0.3 is 6.18 Å². The first kappa shape index (κ1) is 26.7. The number of anilines is 6. The van der Waals surface area contributed by atoms with E-state index < -0.39 is 33.0 Å². The highest BCUT2D eigenvalue weighted by Crippen LogP contribution is 2.41. The average molecular weight is 540 g/mol. The van der Waals surface area contributed by atoms with E-state index in [1.165, 1.54) is 31.5 Å². The van der Waals surface area contributed by atoms with Gasteiger partial charge in [0.25, 0.3) is 11.4 Å². The number of benzene rings is 3. The third kappa shape index (κ3) is 6.12. The number of nitro groups is 2. The van der Waals surface area contributed by atoms with Crippen LogP contribution in [-0.4, -0.2) is 21.9 Å². The first-order valence-corrected chi connectivity index (χ1v) is 11.1. The number of methoxy groups -OCH3 is 1. The summed E-state index contributed by atoms with van der Waals surface area (Å²) in [6.45, 7) is 0. The van der Waals surface area contributed by atoms with Gasteiger partial charge in [-0.15, -0.1) is 0 Å². The lowest BCUT2D eigenvalue weighted by atomic mass is 10.1. The second-order valence-corrected chi connectivity index (χ2v) is 7.96. The van der Waals surface area contributed by atoms with Gasteiger partial charge in [-0.3, -0.25) is 20.2 Å². The van der Waals surface area contributed by atoms with Gasteiger partial charge in [0.1, 0.15) is 17.1 Å². The molecule has 39 heavy (non-hydrogen) atoms. The lowest BCUT2D eigenvalue weighted by Gasteiger charge is -2.16. The summed E-state index contributed by atoms with van der Waals surface area (Å²) in [6.07, 6.45) is -3.03. The van der Waals surface area contributed by atoms with E-state index in [9.17, 15) is 33.4 Å². The molecule has 0 bridgehead atoms. The Labute approximate surface area is 218 Å². The third-order valence-corrected chi connectivity index (χ3v) is 5.43. The number of para-hydroxylation sites is 2. The summed E-state index contributed by atoms with van der Waals surface area (Å²) < 4.78 is 43.9. The van der Waals surface area contributed by atoms with Crippen molar-refractivity contribution < 1.29 is 27.8 Å². The number of pyridine rings is 1. The quantitative estimate of drug-likeness (QED) is 0.149. The van der Waals surface area contributed by atoms with Crippen LogP contribution in [0.15, 0.2) is 79.0 Å². The summed E-state index contributed by atoms with van der Waals surface area (Å²) in [5, 5.41) is 32.3. The van der Waals surface area contributed by atoms with Crippen molar-refractivity contribution in [2.75, 3.05) is 23.1 Å². The standard InChI is InChI=1S/C25H19F3N6O5/c1-39-24-19(7-4-12-29-24)32-21-13-20(22(33(35)36)14-23(21)34(37)38)31-18-6-3-2-5-17(18)30-16-10-8-15(9-11-16)25(26,27)28/h2-14,30-32H,1H3. The molecule has 3 aromatic carbocycles. The highest BCUT2D eigenvalue weighted by Gasteiger charge is 2.30. The summed E-state index contributed by atoms with van der Waals surface area (Å²) in [6, 6.07) is 16.0. The van der Waals surface area contributed by atoms with Crippen LogP contribution in [0.3, 0.4) is 0 Å². The summed E-state index contributed by atoms with van der Waals surface area (Å²) in [5.74, 6) is 0.144. The first-order valence-electron chi connectivity index (χ1n) is 11.1. The van der Waals surface area contributed by atoms with E-state index >= 15 is 0 Å². The van der Waals surface area contributed by atoms with Crippen molar-refractivity contribution in [3.63, 3.8) is 0 Å². The summed E-state index contributed by atoms with van der Waals surface area (Å²) in [4.78, 5) is 26.1. The molecule has 3 N–H and O–H groups in total. The first-order chi connectivity index (χ1) is 18.6. The molecule has 0 fully saturated rings. The topological polar surface area (TPSA) is 144 Å². The molecule has 0 spiro atoms.